The molecule has 0 aromatic carbocycles. The first kappa shape index (κ1) is 8.64. The van der Waals surface area contributed by atoms with Crippen LogP contribution in [-0.2, 0) is 15.1 Å². The van der Waals surface area contributed by atoms with Crippen molar-refractivity contribution in [1.29, 1.82) is 0 Å². The lowest BCUT2D eigenvalue weighted by Crippen LogP contribution is -1.97. The third-order valence-electron chi connectivity index (χ3n) is 1.34. The van der Waals surface area contributed by atoms with Crippen LogP contribution in [0.5, 0.6) is 0 Å². The summed E-state index contributed by atoms with van der Waals surface area (Å²) in [6.45, 7) is 0. The van der Waals surface area contributed by atoms with Crippen molar-refractivity contribution in [3.05, 3.63) is 23.9 Å². The number of isocyanates is 1. The zero-order chi connectivity index (χ0) is 8.97. The highest BCUT2D eigenvalue weighted by Crippen LogP contribution is 2.07. The summed E-state index contributed by atoms with van der Waals surface area (Å²) in [6.07, 6.45) is 6.08. The van der Waals surface area contributed by atoms with E-state index < -0.39 is 10.3 Å². The minimum absolute atomic E-state index is 0.285. The van der Waals surface area contributed by atoms with E-state index in [1.165, 1.54) is 18.2 Å². The second-order valence-corrected chi connectivity index (χ2v) is 3.06. The third kappa shape index (κ3) is 2.02. The Kier molecular flexibility index (Phi) is 2.74. The highest BCUT2D eigenvalue weighted by molar-refractivity contribution is 7.73. The maximum Gasteiger partial charge on any atom is 0.240 e. The molecule has 0 saturated heterocycles. The Balaban J connectivity index is 2.96. The highest BCUT2D eigenvalue weighted by Gasteiger charge is 2.01. The molecule has 62 valence electrons. The minimum Gasteiger partial charge on any atom is -0.211 e. The van der Waals surface area contributed by atoms with E-state index in [0.29, 0.717) is 10.6 Å². The first-order valence-corrected chi connectivity index (χ1v) is 4.22. The van der Waals surface area contributed by atoms with Crippen LogP contribution < -0.4 is 0 Å². The standard InChI is InChI=1S/C7H5NO3S/c9-5-8-6-1-3-7(4-2-6)12(10)11/h1-3H,4H2. The van der Waals surface area contributed by atoms with E-state index in [4.69, 9.17) is 0 Å². The second kappa shape index (κ2) is 3.80. The predicted molar refractivity (Wildman–Crippen MR) is 43.9 cm³/mol. The van der Waals surface area contributed by atoms with Crippen molar-refractivity contribution in [1.82, 2.24) is 0 Å². The van der Waals surface area contributed by atoms with Crippen LogP contribution in [0.4, 0.5) is 0 Å². The van der Waals surface area contributed by atoms with Crippen molar-refractivity contribution in [2.24, 2.45) is 4.99 Å². The van der Waals surface area contributed by atoms with Gasteiger partial charge in [0.25, 0.3) is 0 Å². The van der Waals surface area contributed by atoms with Crippen molar-refractivity contribution in [2.45, 2.75) is 6.42 Å². The van der Waals surface area contributed by atoms with Crippen molar-refractivity contribution in [3.63, 3.8) is 0 Å². The van der Waals surface area contributed by atoms with Gasteiger partial charge in [0, 0.05) is 6.42 Å². The monoisotopic (exact) mass is 183 g/mol. The molecule has 0 heterocycles. The topological polar surface area (TPSA) is 63.6 Å². The van der Waals surface area contributed by atoms with E-state index in [2.05, 4.69) is 4.99 Å². The Hall–Kier alpha value is -1.45. The van der Waals surface area contributed by atoms with Crippen molar-refractivity contribution >= 4 is 21.2 Å². The molecule has 0 aromatic rings. The van der Waals surface area contributed by atoms with Gasteiger partial charge in [-0.15, -0.1) is 0 Å². The number of rotatable bonds is 1. The van der Waals surface area contributed by atoms with E-state index in [9.17, 15) is 13.2 Å². The second-order valence-electron chi connectivity index (χ2n) is 2.07. The van der Waals surface area contributed by atoms with Gasteiger partial charge in [-0.05, 0) is 12.2 Å². The lowest BCUT2D eigenvalue weighted by Gasteiger charge is -1.98. The molecule has 12 heavy (non-hydrogen) atoms. The molecule has 0 aromatic heterocycles. The van der Waals surface area contributed by atoms with Crippen molar-refractivity contribution in [3.8, 4) is 0 Å². The van der Waals surface area contributed by atoms with Gasteiger partial charge in [0.05, 0.1) is 10.6 Å². The first-order valence-electron chi connectivity index (χ1n) is 3.15. The predicted octanol–water partition coefficient (Wildman–Crippen LogP) is 0.218. The van der Waals surface area contributed by atoms with Crippen LogP contribution in [0.3, 0.4) is 0 Å². The van der Waals surface area contributed by atoms with Gasteiger partial charge in [0.2, 0.25) is 16.4 Å². The summed E-state index contributed by atoms with van der Waals surface area (Å²) in [5, 5.41) is 0. The summed E-state index contributed by atoms with van der Waals surface area (Å²) in [5.41, 5.74) is 0.444. The quantitative estimate of drug-likeness (QED) is 0.332. The van der Waals surface area contributed by atoms with Crippen molar-refractivity contribution in [2.75, 3.05) is 0 Å². The zero-order valence-electron chi connectivity index (χ0n) is 6.02. The average Bonchev–Trinajstić information content (AvgIpc) is 2.06. The van der Waals surface area contributed by atoms with Gasteiger partial charge in [0.15, 0.2) is 0 Å². The van der Waals surface area contributed by atoms with Gasteiger partial charge in [-0.2, -0.15) is 13.4 Å². The van der Waals surface area contributed by atoms with Gasteiger partial charge in [0.1, 0.15) is 0 Å². The van der Waals surface area contributed by atoms with E-state index in [1.807, 2.05) is 0 Å². The normalized spacial score (nSPS) is 15.0. The SMILES string of the molecule is O=C=NC1=CCC(=S(=O)=O)C=C1. The summed E-state index contributed by atoms with van der Waals surface area (Å²) in [5.74, 6) is 0. The van der Waals surface area contributed by atoms with E-state index in [-0.39, 0.29) is 6.42 Å². The fourth-order valence-electron chi connectivity index (χ4n) is 0.779. The van der Waals surface area contributed by atoms with Crippen LogP contribution in [-0.4, -0.2) is 19.4 Å². The first-order chi connectivity index (χ1) is 5.74. The summed E-state index contributed by atoms with van der Waals surface area (Å²) in [4.78, 5) is 13.4. The molecule has 0 aliphatic heterocycles. The Morgan fingerprint density at radius 1 is 1.42 bits per heavy atom. The van der Waals surface area contributed by atoms with Gasteiger partial charge < -0.3 is 0 Å². The van der Waals surface area contributed by atoms with Crippen LogP contribution in [0, 0.1) is 0 Å². The summed E-state index contributed by atoms with van der Waals surface area (Å²) in [6, 6.07) is 0. The molecule has 4 nitrogen and oxygen atoms in total. The van der Waals surface area contributed by atoms with Gasteiger partial charge in [-0.1, -0.05) is 6.08 Å². The molecule has 1 aliphatic carbocycles. The molecule has 0 bridgehead atoms. The van der Waals surface area contributed by atoms with E-state index >= 15 is 0 Å². The lowest BCUT2D eigenvalue weighted by molar-refractivity contribution is 0.565. The van der Waals surface area contributed by atoms with Gasteiger partial charge >= 0.3 is 0 Å². The largest absolute Gasteiger partial charge is 0.240 e. The molecular formula is C7H5NO3S. The maximum atomic E-state index is 10.4. The number of aliphatic imine (C=N–C) groups is 1. The molecule has 0 atom stereocenters. The third-order valence-corrected chi connectivity index (χ3v) is 2.07. The van der Waals surface area contributed by atoms with Crippen LogP contribution in [0.2, 0.25) is 0 Å². The molecule has 5 heteroatoms. The smallest absolute Gasteiger partial charge is 0.211 e. The van der Waals surface area contributed by atoms with Crippen LogP contribution in [0.15, 0.2) is 28.9 Å². The van der Waals surface area contributed by atoms with E-state index in [1.54, 1.807) is 6.08 Å². The molecule has 0 spiro atoms. The molecule has 1 aliphatic rings. The Morgan fingerprint density at radius 3 is 2.58 bits per heavy atom. The van der Waals surface area contributed by atoms with Crippen LogP contribution in [0.1, 0.15) is 6.42 Å². The maximum absolute atomic E-state index is 10.4. The molecule has 0 saturated carbocycles. The van der Waals surface area contributed by atoms with Crippen LogP contribution >= 0.6 is 0 Å². The summed E-state index contributed by atoms with van der Waals surface area (Å²) >= 11 is 0. The Labute approximate surface area is 70.5 Å². The minimum atomic E-state index is -2.18. The fraction of sp³-hybridized carbons (Fsp3) is 0.143. The molecule has 0 radical (unpaired) electrons. The number of hydrogen-bond acceptors (Lipinski definition) is 4. The Morgan fingerprint density at radius 2 is 2.17 bits per heavy atom. The number of allylic oxidation sites excluding steroid dienone is 3. The van der Waals surface area contributed by atoms with Crippen molar-refractivity contribution < 1.29 is 13.2 Å². The average molecular weight is 183 g/mol. The lowest BCUT2D eigenvalue weighted by atomic mass is 10.1. The molecule has 0 N–H and O–H groups in total. The van der Waals surface area contributed by atoms with Gasteiger partial charge in [-0.3, -0.25) is 0 Å². The van der Waals surface area contributed by atoms with E-state index in [0.717, 1.165) is 0 Å². The van der Waals surface area contributed by atoms with Crippen LogP contribution in [0.25, 0.3) is 0 Å². The zero-order valence-corrected chi connectivity index (χ0v) is 6.84. The summed E-state index contributed by atoms with van der Waals surface area (Å²) in [7, 11) is -2.18. The Bertz CT molecular complexity index is 414. The molecule has 1 rings (SSSR count). The molecule has 0 unspecified atom stereocenters. The number of nitrogens with zero attached hydrogens (tertiary/aromatic N) is 1. The highest BCUT2D eigenvalue weighted by atomic mass is 32.2. The molecule has 0 amide bonds. The number of hydrogen-bond donors (Lipinski definition) is 0. The summed E-state index contributed by atoms with van der Waals surface area (Å²) < 4.78 is 20.8. The number of carbonyl (C=O) groups excluding carboxylic acids is 1. The van der Waals surface area contributed by atoms with Gasteiger partial charge in [-0.25, -0.2) is 4.79 Å². The molecular weight excluding hydrogens is 178 g/mol. The molecule has 0 fully saturated rings. The fourth-order valence-corrected chi connectivity index (χ4v) is 1.18.